The molecule has 0 aliphatic rings. The highest BCUT2D eigenvalue weighted by atomic mass is 16.5. The first-order chi connectivity index (χ1) is 10.7. The second-order valence-electron chi connectivity index (χ2n) is 5.33. The molecule has 0 amide bonds. The predicted molar refractivity (Wildman–Crippen MR) is 89.7 cm³/mol. The molecule has 0 aliphatic heterocycles. The predicted octanol–water partition coefficient (Wildman–Crippen LogP) is 4.56. The quantitative estimate of drug-likeness (QED) is 0.689. The van der Waals surface area contributed by atoms with E-state index in [0.29, 0.717) is 6.61 Å². The standard InChI is InChI=1S/C19H21NO2/c1-4-20-16(12-15-9-7-8-14(2)19(15)20)13-22-18-11-6-5-10-17(18)21-3/h5-12H,4,13H2,1-3H3. The summed E-state index contributed by atoms with van der Waals surface area (Å²) in [6.07, 6.45) is 0. The monoisotopic (exact) mass is 295 g/mol. The second-order valence-corrected chi connectivity index (χ2v) is 5.33. The van der Waals surface area contributed by atoms with Crippen LogP contribution in [-0.2, 0) is 13.2 Å². The molecule has 0 bridgehead atoms. The molecule has 0 unspecified atom stereocenters. The van der Waals surface area contributed by atoms with Crippen LogP contribution in [0.1, 0.15) is 18.2 Å². The van der Waals surface area contributed by atoms with Crippen LogP contribution in [0.2, 0.25) is 0 Å². The molecule has 22 heavy (non-hydrogen) atoms. The van der Waals surface area contributed by atoms with Gasteiger partial charge < -0.3 is 14.0 Å². The van der Waals surface area contributed by atoms with E-state index in [4.69, 9.17) is 9.47 Å². The number of methoxy groups -OCH3 is 1. The highest BCUT2D eigenvalue weighted by Crippen LogP contribution is 2.28. The fourth-order valence-electron chi connectivity index (χ4n) is 2.94. The van der Waals surface area contributed by atoms with Crippen molar-refractivity contribution in [3.8, 4) is 11.5 Å². The SMILES string of the molecule is CCn1c(COc2ccccc2OC)cc2cccc(C)c21. The van der Waals surface area contributed by atoms with E-state index in [9.17, 15) is 0 Å². The molecular weight excluding hydrogens is 274 g/mol. The molecule has 3 nitrogen and oxygen atoms in total. The lowest BCUT2D eigenvalue weighted by atomic mass is 10.2. The van der Waals surface area contributed by atoms with Crippen LogP contribution < -0.4 is 9.47 Å². The van der Waals surface area contributed by atoms with Gasteiger partial charge in [0.2, 0.25) is 0 Å². The molecule has 0 N–H and O–H groups in total. The summed E-state index contributed by atoms with van der Waals surface area (Å²) in [6.45, 7) is 5.78. The van der Waals surface area contributed by atoms with Crippen molar-refractivity contribution in [1.29, 1.82) is 0 Å². The average Bonchev–Trinajstić information content (AvgIpc) is 2.92. The van der Waals surface area contributed by atoms with Crippen molar-refractivity contribution in [3.63, 3.8) is 0 Å². The summed E-state index contributed by atoms with van der Waals surface area (Å²) < 4.78 is 13.6. The Labute approximate surface area is 131 Å². The molecule has 0 atom stereocenters. The summed E-state index contributed by atoms with van der Waals surface area (Å²) in [6, 6.07) is 16.4. The van der Waals surface area contributed by atoms with E-state index in [0.717, 1.165) is 18.0 Å². The van der Waals surface area contributed by atoms with E-state index in [-0.39, 0.29) is 0 Å². The minimum Gasteiger partial charge on any atom is -0.493 e. The van der Waals surface area contributed by atoms with Crippen LogP contribution in [-0.4, -0.2) is 11.7 Å². The number of fused-ring (bicyclic) bond motifs is 1. The van der Waals surface area contributed by atoms with Gasteiger partial charge in [-0.25, -0.2) is 0 Å². The maximum atomic E-state index is 5.98. The Morgan fingerprint density at radius 2 is 1.77 bits per heavy atom. The van der Waals surface area contributed by atoms with Crippen LogP contribution in [0.15, 0.2) is 48.5 Å². The zero-order valence-corrected chi connectivity index (χ0v) is 13.3. The molecule has 2 aromatic carbocycles. The average molecular weight is 295 g/mol. The van der Waals surface area contributed by atoms with Crippen molar-refractivity contribution >= 4 is 10.9 Å². The third kappa shape index (κ3) is 2.54. The molecule has 0 spiro atoms. The first-order valence-corrected chi connectivity index (χ1v) is 7.58. The molecule has 3 heteroatoms. The zero-order chi connectivity index (χ0) is 15.5. The number of aromatic nitrogens is 1. The molecule has 0 aliphatic carbocycles. The molecule has 1 aromatic heterocycles. The lowest BCUT2D eigenvalue weighted by molar-refractivity contribution is 0.276. The van der Waals surface area contributed by atoms with Crippen molar-refractivity contribution in [3.05, 3.63) is 59.8 Å². The smallest absolute Gasteiger partial charge is 0.161 e. The van der Waals surface area contributed by atoms with Gasteiger partial charge >= 0.3 is 0 Å². The summed E-state index contributed by atoms with van der Waals surface area (Å²) in [5.41, 5.74) is 3.77. The Morgan fingerprint density at radius 1 is 1.00 bits per heavy atom. The van der Waals surface area contributed by atoms with E-state index >= 15 is 0 Å². The van der Waals surface area contributed by atoms with Gasteiger partial charge in [0.05, 0.1) is 18.3 Å². The molecule has 0 radical (unpaired) electrons. The first-order valence-electron chi connectivity index (χ1n) is 7.58. The van der Waals surface area contributed by atoms with Gasteiger partial charge in [0, 0.05) is 11.9 Å². The highest BCUT2D eigenvalue weighted by molar-refractivity contribution is 5.84. The molecule has 3 aromatic rings. The normalized spacial score (nSPS) is 10.9. The van der Waals surface area contributed by atoms with Crippen molar-refractivity contribution in [2.24, 2.45) is 0 Å². The number of nitrogens with zero attached hydrogens (tertiary/aromatic N) is 1. The van der Waals surface area contributed by atoms with E-state index in [1.54, 1.807) is 7.11 Å². The second kappa shape index (κ2) is 6.14. The van der Waals surface area contributed by atoms with Crippen LogP contribution in [0.5, 0.6) is 11.5 Å². The topological polar surface area (TPSA) is 23.4 Å². The maximum Gasteiger partial charge on any atom is 0.161 e. The van der Waals surface area contributed by atoms with Crippen LogP contribution in [0.25, 0.3) is 10.9 Å². The van der Waals surface area contributed by atoms with Gasteiger partial charge in [0.15, 0.2) is 11.5 Å². The minimum absolute atomic E-state index is 0.530. The van der Waals surface area contributed by atoms with Gasteiger partial charge in [-0.1, -0.05) is 30.3 Å². The Hall–Kier alpha value is -2.42. The number of para-hydroxylation sites is 3. The molecule has 0 fully saturated rings. The van der Waals surface area contributed by atoms with Crippen molar-refractivity contribution in [1.82, 2.24) is 4.57 Å². The summed E-state index contributed by atoms with van der Waals surface area (Å²) >= 11 is 0. The van der Waals surface area contributed by atoms with Gasteiger partial charge in [-0.3, -0.25) is 0 Å². The van der Waals surface area contributed by atoms with E-state index in [1.807, 2.05) is 24.3 Å². The molecule has 0 saturated carbocycles. The number of aryl methyl sites for hydroxylation is 2. The lowest BCUT2D eigenvalue weighted by Crippen LogP contribution is -2.05. The number of hydrogen-bond donors (Lipinski definition) is 0. The van der Waals surface area contributed by atoms with Crippen LogP contribution in [0, 0.1) is 6.92 Å². The van der Waals surface area contributed by atoms with Gasteiger partial charge in [0.1, 0.15) is 6.61 Å². The molecule has 0 saturated heterocycles. The molecule has 3 rings (SSSR count). The van der Waals surface area contributed by atoms with Crippen molar-refractivity contribution in [2.45, 2.75) is 27.0 Å². The van der Waals surface area contributed by atoms with Gasteiger partial charge in [-0.15, -0.1) is 0 Å². The number of rotatable bonds is 5. The first kappa shape index (κ1) is 14.5. The molecular formula is C19H21NO2. The number of ether oxygens (including phenoxy) is 2. The highest BCUT2D eigenvalue weighted by Gasteiger charge is 2.11. The van der Waals surface area contributed by atoms with Crippen LogP contribution in [0.4, 0.5) is 0 Å². The van der Waals surface area contributed by atoms with Crippen LogP contribution >= 0.6 is 0 Å². The third-order valence-electron chi connectivity index (χ3n) is 3.97. The fourth-order valence-corrected chi connectivity index (χ4v) is 2.94. The summed E-state index contributed by atoms with van der Waals surface area (Å²) in [7, 11) is 1.66. The van der Waals surface area contributed by atoms with Crippen molar-refractivity contribution < 1.29 is 9.47 Å². The van der Waals surface area contributed by atoms with Gasteiger partial charge in [-0.2, -0.15) is 0 Å². The Kier molecular flexibility index (Phi) is 4.05. The van der Waals surface area contributed by atoms with Gasteiger partial charge in [-0.05, 0) is 37.6 Å². The largest absolute Gasteiger partial charge is 0.493 e. The summed E-state index contributed by atoms with van der Waals surface area (Å²) in [5.74, 6) is 1.53. The minimum atomic E-state index is 0.530. The lowest BCUT2D eigenvalue weighted by Gasteiger charge is -2.12. The van der Waals surface area contributed by atoms with E-state index in [1.165, 1.54) is 22.2 Å². The Bertz CT molecular complexity index is 789. The van der Waals surface area contributed by atoms with E-state index < -0.39 is 0 Å². The zero-order valence-electron chi connectivity index (χ0n) is 13.3. The van der Waals surface area contributed by atoms with E-state index in [2.05, 4.69) is 42.7 Å². The Morgan fingerprint density at radius 3 is 2.50 bits per heavy atom. The van der Waals surface area contributed by atoms with Gasteiger partial charge in [0.25, 0.3) is 0 Å². The third-order valence-corrected chi connectivity index (χ3v) is 3.97. The molecule has 114 valence electrons. The fraction of sp³-hybridized carbons (Fsp3) is 0.263. The van der Waals surface area contributed by atoms with Crippen LogP contribution in [0.3, 0.4) is 0 Å². The number of benzene rings is 2. The Balaban J connectivity index is 1.92. The number of hydrogen-bond acceptors (Lipinski definition) is 2. The summed E-state index contributed by atoms with van der Waals surface area (Å²) in [5, 5.41) is 1.26. The maximum absolute atomic E-state index is 5.98. The molecule has 1 heterocycles. The van der Waals surface area contributed by atoms with Crippen molar-refractivity contribution in [2.75, 3.05) is 7.11 Å². The summed E-state index contributed by atoms with van der Waals surface area (Å²) in [4.78, 5) is 0.